The Bertz CT molecular complexity index is 292. The third-order valence-corrected chi connectivity index (χ3v) is 1.55. The van der Waals surface area contributed by atoms with Crippen molar-refractivity contribution in [1.29, 1.82) is 0 Å². The minimum absolute atomic E-state index is 0.333. The van der Waals surface area contributed by atoms with Crippen molar-refractivity contribution >= 4 is 18.2 Å². The van der Waals surface area contributed by atoms with E-state index in [1.807, 2.05) is 0 Å². The van der Waals surface area contributed by atoms with Gasteiger partial charge in [-0.2, -0.15) is 0 Å². The molecule has 1 atom stereocenters. The molecule has 3 amide bonds. The van der Waals surface area contributed by atoms with Crippen LogP contribution in [0.15, 0.2) is 16.8 Å². The van der Waals surface area contributed by atoms with E-state index in [9.17, 15) is 9.59 Å². The second-order valence-electron chi connectivity index (χ2n) is 2.27. The quantitative estimate of drug-likeness (QED) is 0.474. The van der Waals surface area contributed by atoms with Crippen LogP contribution in [-0.2, 0) is 4.79 Å². The Kier molecular flexibility index (Phi) is 1.06. The summed E-state index contributed by atoms with van der Waals surface area (Å²) in [6.45, 7) is 0. The van der Waals surface area contributed by atoms with Gasteiger partial charge in [0.1, 0.15) is 0 Å². The summed E-state index contributed by atoms with van der Waals surface area (Å²) in [6, 6.07) is -0.924. The van der Waals surface area contributed by atoms with Crippen molar-refractivity contribution in [2.24, 2.45) is 4.99 Å². The number of nitrogens with one attached hydrogen (secondary N) is 2. The number of fused-ring (bicyclic) bond motifs is 1. The van der Waals surface area contributed by atoms with Gasteiger partial charge in [-0.1, -0.05) is 0 Å². The fraction of sp³-hybridized carbons (Fsp3) is 0.167. The molecule has 2 aliphatic rings. The molecule has 0 aromatic heterocycles. The lowest BCUT2D eigenvalue weighted by atomic mass is 10.2. The van der Waals surface area contributed by atoms with E-state index in [-0.39, 0.29) is 11.9 Å². The van der Waals surface area contributed by atoms with Crippen LogP contribution in [0.25, 0.3) is 0 Å². The first kappa shape index (κ1) is 6.09. The number of allylic oxidation sites excluding steroid dienone is 1. The number of hydrogen-bond donors (Lipinski definition) is 2. The molecule has 0 bridgehead atoms. The average Bonchev–Trinajstić information content (AvgIpc) is 2.31. The zero-order chi connectivity index (χ0) is 7.84. The summed E-state index contributed by atoms with van der Waals surface area (Å²) in [4.78, 5) is 25.1. The first-order valence-electron chi connectivity index (χ1n) is 3.13. The van der Waals surface area contributed by atoms with E-state index in [0.29, 0.717) is 5.70 Å². The number of carbonyl (C=O) groups excluding carboxylic acids is 2. The predicted molar refractivity (Wildman–Crippen MR) is 37.0 cm³/mol. The molecule has 0 aliphatic carbocycles. The standard InChI is InChI=1S/C6H5N3O2/c10-5-4-3(1-2-7-5)8-6(11)9-4/h1-2,4H,(H2,8,9,11). The minimum Gasteiger partial charge on any atom is -0.321 e. The molecule has 2 heterocycles. The van der Waals surface area contributed by atoms with Crippen LogP contribution in [-0.4, -0.2) is 24.2 Å². The molecule has 2 rings (SSSR count). The van der Waals surface area contributed by atoms with Gasteiger partial charge in [-0.3, -0.25) is 4.79 Å². The van der Waals surface area contributed by atoms with Gasteiger partial charge in [0.05, 0.1) is 5.70 Å². The fourth-order valence-corrected chi connectivity index (χ4v) is 1.05. The lowest BCUT2D eigenvalue weighted by Gasteiger charge is -2.07. The lowest BCUT2D eigenvalue weighted by molar-refractivity contribution is -0.118. The van der Waals surface area contributed by atoms with Crippen molar-refractivity contribution in [2.75, 3.05) is 0 Å². The topological polar surface area (TPSA) is 70.6 Å². The number of hydrogen-bond acceptors (Lipinski definition) is 2. The van der Waals surface area contributed by atoms with Gasteiger partial charge in [0.15, 0.2) is 6.04 Å². The highest BCUT2D eigenvalue weighted by Crippen LogP contribution is 2.09. The third kappa shape index (κ3) is 0.813. The first-order chi connectivity index (χ1) is 5.27. The molecule has 1 unspecified atom stereocenters. The number of dihydropyridines is 1. The molecule has 5 nitrogen and oxygen atoms in total. The zero-order valence-electron chi connectivity index (χ0n) is 5.50. The molecule has 11 heavy (non-hydrogen) atoms. The van der Waals surface area contributed by atoms with Crippen LogP contribution >= 0.6 is 0 Å². The summed E-state index contributed by atoms with van der Waals surface area (Å²) in [6.07, 6.45) is 2.98. The van der Waals surface area contributed by atoms with E-state index < -0.39 is 6.04 Å². The van der Waals surface area contributed by atoms with E-state index in [2.05, 4.69) is 15.6 Å². The van der Waals surface area contributed by atoms with Crippen molar-refractivity contribution in [3.05, 3.63) is 11.8 Å². The molecule has 0 radical (unpaired) electrons. The second kappa shape index (κ2) is 1.91. The van der Waals surface area contributed by atoms with Crippen molar-refractivity contribution in [3.8, 4) is 0 Å². The monoisotopic (exact) mass is 151 g/mol. The highest BCUT2D eigenvalue weighted by Gasteiger charge is 2.32. The Morgan fingerprint density at radius 3 is 3.00 bits per heavy atom. The molecule has 0 aromatic carbocycles. The Morgan fingerprint density at radius 2 is 2.27 bits per heavy atom. The molecule has 5 heteroatoms. The van der Waals surface area contributed by atoms with E-state index in [1.165, 1.54) is 6.21 Å². The SMILES string of the molecule is O=C1NC2=CC=NC(=O)C2N1. The Balaban J connectivity index is 2.35. The molecule has 1 saturated heterocycles. The number of nitrogens with zero attached hydrogens (tertiary/aromatic N) is 1. The molecular formula is C6H5N3O2. The number of amides is 3. The van der Waals surface area contributed by atoms with Crippen LogP contribution in [0, 0.1) is 0 Å². The van der Waals surface area contributed by atoms with E-state index >= 15 is 0 Å². The highest BCUT2D eigenvalue weighted by atomic mass is 16.2. The second-order valence-corrected chi connectivity index (χ2v) is 2.27. The van der Waals surface area contributed by atoms with Crippen molar-refractivity contribution in [3.63, 3.8) is 0 Å². The summed E-state index contributed by atoms with van der Waals surface area (Å²) in [5.74, 6) is -0.333. The van der Waals surface area contributed by atoms with Crippen molar-refractivity contribution in [1.82, 2.24) is 10.6 Å². The van der Waals surface area contributed by atoms with Crippen molar-refractivity contribution < 1.29 is 9.59 Å². The molecule has 2 N–H and O–H groups in total. The molecule has 0 saturated carbocycles. The normalized spacial score (nSPS) is 27.3. The van der Waals surface area contributed by atoms with Gasteiger partial charge < -0.3 is 10.6 Å². The van der Waals surface area contributed by atoms with Crippen LogP contribution < -0.4 is 10.6 Å². The fourth-order valence-electron chi connectivity index (χ4n) is 1.05. The molecular weight excluding hydrogens is 146 g/mol. The van der Waals surface area contributed by atoms with E-state index in [0.717, 1.165) is 0 Å². The summed E-state index contributed by atoms with van der Waals surface area (Å²) < 4.78 is 0. The average molecular weight is 151 g/mol. The van der Waals surface area contributed by atoms with Gasteiger partial charge in [0, 0.05) is 6.21 Å². The molecule has 2 aliphatic heterocycles. The van der Waals surface area contributed by atoms with Gasteiger partial charge in [-0.25, -0.2) is 9.79 Å². The predicted octanol–water partition coefficient (Wildman–Crippen LogP) is -0.837. The van der Waals surface area contributed by atoms with Crippen LogP contribution in [0.2, 0.25) is 0 Å². The molecule has 0 spiro atoms. The zero-order valence-corrected chi connectivity index (χ0v) is 5.50. The maximum Gasteiger partial charge on any atom is 0.320 e. The summed E-state index contributed by atoms with van der Waals surface area (Å²) in [7, 11) is 0. The first-order valence-corrected chi connectivity index (χ1v) is 3.13. The number of rotatable bonds is 0. The van der Waals surface area contributed by atoms with Crippen molar-refractivity contribution in [2.45, 2.75) is 6.04 Å². The Morgan fingerprint density at radius 1 is 1.45 bits per heavy atom. The van der Waals surface area contributed by atoms with E-state index in [1.54, 1.807) is 6.08 Å². The summed E-state index contributed by atoms with van der Waals surface area (Å²) >= 11 is 0. The number of urea groups is 1. The van der Waals surface area contributed by atoms with Crippen LogP contribution in [0.3, 0.4) is 0 Å². The maximum atomic E-state index is 10.9. The smallest absolute Gasteiger partial charge is 0.320 e. The Hall–Kier alpha value is -1.65. The summed E-state index contributed by atoms with van der Waals surface area (Å²) in [5, 5.41) is 4.91. The number of aliphatic imine (C=N–C) groups is 1. The van der Waals surface area contributed by atoms with Gasteiger partial charge in [0.2, 0.25) is 0 Å². The number of carbonyl (C=O) groups is 2. The van der Waals surface area contributed by atoms with E-state index in [4.69, 9.17) is 0 Å². The van der Waals surface area contributed by atoms with Crippen LogP contribution in [0.4, 0.5) is 4.79 Å². The molecule has 56 valence electrons. The largest absolute Gasteiger partial charge is 0.321 e. The van der Waals surface area contributed by atoms with Gasteiger partial charge in [-0.05, 0) is 6.08 Å². The van der Waals surface area contributed by atoms with Gasteiger partial charge in [0.25, 0.3) is 5.91 Å². The summed E-state index contributed by atoms with van der Waals surface area (Å²) in [5.41, 5.74) is 0.579. The molecule has 1 fully saturated rings. The molecule has 0 aromatic rings. The third-order valence-electron chi connectivity index (χ3n) is 1.55. The maximum absolute atomic E-state index is 10.9. The lowest BCUT2D eigenvalue weighted by Crippen LogP contribution is -2.33. The Labute approximate surface area is 62.2 Å². The van der Waals surface area contributed by atoms with Crippen LogP contribution in [0.1, 0.15) is 0 Å². The van der Waals surface area contributed by atoms with Gasteiger partial charge in [-0.15, -0.1) is 0 Å². The minimum atomic E-state index is -0.576. The highest BCUT2D eigenvalue weighted by molar-refractivity contribution is 6.03. The van der Waals surface area contributed by atoms with Gasteiger partial charge >= 0.3 is 6.03 Å². The van der Waals surface area contributed by atoms with Crippen LogP contribution in [0.5, 0.6) is 0 Å².